The van der Waals surface area contributed by atoms with Crippen LogP contribution >= 0.6 is 0 Å². The van der Waals surface area contributed by atoms with Gasteiger partial charge in [-0.1, -0.05) is 6.92 Å². The zero-order valence-electron chi connectivity index (χ0n) is 17.7. The summed E-state index contributed by atoms with van der Waals surface area (Å²) < 4.78 is 10.6. The highest BCUT2D eigenvalue weighted by Gasteiger charge is 2.41. The molecule has 6 amide bonds. The van der Waals surface area contributed by atoms with Gasteiger partial charge in [0.1, 0.15) is 6.17 Å². The van der Waals surface area contributed by atoms with E-state index >= 15 is 0 Å². The average Bonchev–Trinajstić information content (AvgIpc) is 3.27. The predicted molar refractivity (Wildman–Crippen MR) is 108 cm³/mol. The Kier molecular flexibility index (Phi) is 9.70. The first-order valence-electron chi connectivity index (χ1n) is 10.1. The Labute approximate surface area is 184 Å². The largest absolute Gasteiger partial charge is 0.377 e. The fourth-order valence-corrected chi connectivity index (χ4v) is 2.92. The summed E-state index contributed by atoms with van der Waals surface area (Å²) in [6.07, 6.45) is 2.66. The molecule has 0 radical (unpaired) electrons. The van der Waals surface area contributed by atoms with Crippen molar-refractivity contribution in [2.24, 2.45) is 0 Å². The first-order chi connectivity index (χ1) is 15.3. The number of hydrogen-bond donors (Lipinski definition) is 2. The molecule has 2 rings (SSSR count). The molecule has 12 nitrogen and oxygen atoms in total. The van der Waals surface area contributed by atoms with Gasteiger partial charge in [0, 0.05) is 43.8 Å². The summed E-state index contributed by atoms with van der Waals surface area (Å²) in [4.78, 5) is 72.9. The highest BCUT2D eigenvalue weighted by atomic mass is 16.5. The van der Waals surface area contributed by atoms with E-state index in [-0.39, 0.29) is 25.7 Å². The van der Waals surface area contributed by atoms with Crippen molar-refractivity contribution in [3.63, 3.8) is 0 Å². The lowest BCUT2D eigenvalue weighted by Gasteiger charge is -2.32. The zero-order valence-corrected chi connectivity index (χ0v) is 17.7. The third-order valence-electron chi connectivity index (χ3n) is 4.48. The lowest BCUT2D eigenvalue weighted by atomic mass is 10.2. The molecule has 0 fully saturated rings. The molecule has 2 heterocycles. The van der Waals surface area contributed by atoms with Crippen LogP contribution < -0.4 is 10.6 Å². The summed E-state index contributed by atoms with van der Waals surface area (Å²) in [7, 11) is 0. The van der Waals surface area contributed by atoms with Crippen molar-refractivity contribution in [1.29, 1.82) is 0 Å². The van der Waals surface area contributed by atoms with Crippen molar-refractivity contribution in [3.8, 4) is 0 Å². The van der Waals surface area contributed by atoms with Gasteiger partial charge in [-0.05, 0) is 0 Å². The van der Waals surface area contributed by atoms with Crippen molar-refractivity contribution in [2.45, 2.75) is 25.9 Å². The summed E-state index contributed by atoms with van der Waals surface area (Å²) in [6, 6.07) is 0. The molecular formula is C20H26N4O8. The molecule has 32 heavy (non-hydrogen) atoms. The molecule has 2 N–H and O–H groups in total. The first kappa shape index (κ1) is 24.9. The van der Waals surface area contributed by atoms with Gasteiger partial charge >= 0.3 is 0 Å². The minimum absolute atomic E-state index is 0.0488. The quantitative estimate of drug-likeness (QED) is 0.233. The number of ether oxygens (including phenoxy) is 2. The Bertz CT molecular complexity index is 744. The number of hydrogen-bond acceptors (Lipinski definition) is 8. The lowest BCUT2D eigenvalue weighted by Crippen LogP contribution is -2.55. The molecule has 0 aromatic carbocycles. The molecule has 174 valence electrons. The van der Waals surface area contributed by atoms with E-state index in [1.54, 1.807) is 6.92 Å². The number of amides is 6. The Morgan fingerprint density at radius 2 is 1.16 bits per heavy atom. The molecule has 0 saturated carbocycles. The van der Waals surface area contributed by atoms with Gasteiger partial charge in [-0.15, -0.1) is 0 Å². The van der Waals surface area contributed by atoms with Crippen molar-refractivity contribution >= 4 is 35.4 Å². The van der Waals surface area contributed by atoms with Crippen LogP contribution in [0.15, 0.2) is 24.3 Å². The van der Waals surface area contributed by atoms with E-state index in [0.717, 1.165) is 24.3 Å². The minimum atomic E-state index is -1.36. The van der Waals surface area contributed by atoms with E-state index in [1.165, 1.54) is 0 Å². The van der Waals surface area contributed by atoms with Gasteiger partial charge < -0.3 is 20.1 Å². The highest BCUT2D eigenvalue weighted by Crippen LogP contribution is 2.20. The number of nitrogens with one attached hydrogen (secondary N) is 2. The minimum Gasteiger partial charge on any atom is -0.377 e. The van der Waals surface area contributed by atoms with Crippen LogP contribution in [0.25, 0.3) is 0 Å². The van der Waals surface area contributed by atoms with Gasteiger partial charge in [0.05, 0.1) is 32.8 Å². The second kappa shape index (κ2) is 12.5. The molecule has 0 aromatic heterocycles. The van der Waals surface area contributed by atoms with E-state index in [1.807, 2.05) is 0 Å². The second-order valence-electron chi connectivity index (χ2n) is 6.72. The van der Waals surface area contributed by atoms with Gasteiger partial charge in [0.2, 0.25) is 11.8 Å². The monoisotopic (exact) mass is 450 g/mol. The van der Waals surface area contributed by atoms with Gasteiger partial charge in [0.25, 0.3) is 23.6 Å². The molecule has 0 atom stereocenters. The predicted octanol–water partition coefficient (Wildman–Crippen LogP) is -1.77. The smallest absolute Gasteiger partial charge is 0.255 e. The van der Waals surface area contributed by atoms with Crippen molar-refractivity contribution in [1.82, 2.24) is 20.4 Å². The standard InChI is InChI=1S/C20H26N4O8/c1-2-14(25)21-7-9-31-11-12-32-10-8-22-15(26)13-16(23-17(27)3-4-18(23)28)24-19(29)5-6-20(24)30/h3-6,16H,2,7-13H2,1H3,(H,21,25)(H,22,26). The van der Waals surface area contributed by atoms with E-state index in [0.29, 0.717) is 36.0 Å². The summed E-state index contributed by atoms with van der Waals surface area (Å²) in [5.74, 6) is -3.46. The summed E-state index contributed by atoms with van der Waals surface area (Å²) in [6.45, 7) is 3.45. The molecule has 0 aromatic rings. The summed E-state index contributed by atoms with van der Waals surface area (Å²) >= 11 is 0. The summed E-state index contributed by atoms with van der Waals surface area (Å²) in [5.41, 5.74) is 0. The molecule has 0 aliphatic carbocycles. The van der Waals surface area contributed by atoms with E-state index in [9.17, 15) is 28.8 Å². The van der Waals surface area contributed by atoms with Crippen LogP contribution in [-0.2, 0) is 38.2 Å². The number of rotatable bonds is 14. The Morgan fingerprint density at radius 1 is 0.750 bits per heavy atom. The molecular weight excluding hydrogens is 424 g/mol. The van der Waals surface area contributed by atoms with E-state index in [4.69, 9.17) is 9.47 Å². The average molecular weight is 450 g/mol. The maximum absolute atomic E-state index is 12.3. The number of nitrogens with zero attached hydrogens (tertiary/aromatic N) is 2. The molecule has 0 bridgehead atoms. The van der Waals surface area contributed by atoms with Crippen LogP contribution in [-0.4, -0.2) is 90.9 Å². The molecule has 0 unspecified atom stereocenters. The maximum Gasteiger partial charge on any atom is 0.255 e. The number of carbonyl (C=O) groups is 6. The molecule has 0 spiro atoms. The zero-order chi connectivity index (χ0) is 23.5. The van der Waals surface area contributed by atoms with Gasteiger partial charge in [0.15, 0.2) is 0 Å². The van der Waals surface area contributed by atoms with Gasteiger partial charge in [-0.2, -0.15) is 0 Å². The second-order valence-corrected chi connectivity index (χ2v) is 6.72. The molecule has 12 heteroatoms. The normalized spacial score (nSPS) is 15.4. The maximum atomic E-state index is 12.3. The van der Waals surface area contributed by atoms with Crippen LogP contribution in [0, 0.1) is 0 Å². The summed E-state index contributed by atoms with van der Waals surface area (Å²) in [5, 5.41) is 5.23. The van der Waals surface area contributed by atoms with Crippen LogP contribution in [0.5, 0.6) is 0 Å². The molecule has 0 saturated heterocycles. The highest BCUT2D eigenvalue weighted by molar-refractivity contribution is 6.16. The van der Waals surface area contributed by atoms with Crippen molar-refractivity contribution in [2.75, 3.05) is 39.5 Å². The van der Waals surface area contributed by atoms with Crippen LogP contribution in [0.3, 0.4) is 0 Å². The van der Waals surface area contributed by atoms with Crippen molar-refractivity contribution < 1.29 is 38.2 Å². The third kappa shape index (κ3) is 7.10. The van der Waals surface area contributed by atoms with Crippen LogP contribution in [0.4, 0.5) is 0 Å². The van der Waals surface area contributed by atoms with Gasteiger partial charge in [-0.25, -0.2) is 0 Å². The third-order valence-corrected chi connectivity index (χ3v) is 4.48. The van der Waals surface area contributed by atoms with Crippen molar-refractivity contribution in [3.05, 3.63) is 24.3 Å². The number of imide groups is 2. The molecule has 2 aliphatic heterocycles. The van der Waals surface area contributed by atoms with E-state index in [2.05, 4.69) is 10.6 Å². The Morgan fingerprint density at radius 3 is 1.56 bits per heavy atom. The SMILES string of the molecule is CCC(=O)NCCOCCOCCNC(=O)CC(N1C(=O)C=CC1=O)N1C(=O)C=CC1=O. The van der Waals surface area contributed by atoms with Crippen LogP contribution in [0.1, 0.15) is 19.8 Å². The lowest BCUT2D eigenvalue weighted by molar-refractivity contribution is -0.153. The van der Waals surface area contributed by atoms with Gasteiger partial charge in [-0.3, -0.25) is 38.6 Å². The fourth-order valence-electron chi connectivity index (χ4n) is 2.92. The topological polar surface area (TPSA) is 151 Å². The fraction of sp³-hybridized carbons (Fsp3) is 0.500. The van der Waals surface area contributed by atoms with E-state index < -0.39 is 42.1 Å². The van der Waals surface area contributed by atoms with Crippen LogP contribution in [0.2, 0.25) is 0 Å². The first-order valence-corrected chi connectivity index (χ1v) is 10.1. The Balaban J connectivity index is 1.70. The Hall–Kier alpha value is -3.38. The number of carbonyl (C=O) groups excluding carboxylic acids is 6. The molecule has 2 aliphatic rings.